The van der Waals surface area contributed by atoms with Crippen LogP contribution in [-0.2, 0) is 22.7 Å². The molecule has 2 fully saturated rings. The Kier molecular flexibility index (Phi) is 9.32. The number of carbonyl (C=O) groups excluding carboxylic acids is 2. The molecule has 2 N–H and O–H groups in total. The molecule has 2 aromatic carbocycles. The molecule has 0 saturated carbocycles. The summed E-state index contributed by atoms with van der Waals surface area (Å²) in [6, 6.07) is 14.2. The van der Waals surface area contributed by atoms with E-state index in [0.717, 1.165) is 11.1 Å². The number of benzene rings is 2. The number of aliphatic hydroxyl groups is 1. The van der Waals surface area contributed by atoms with Gasteiger partial charge in [-0.05, 0) is 29.2 Å². The Hall–Kier alpha value is -2.64. The van der Waals surface area contributed by atoms with Crippen molar-refractivity contribution in [1.82, 2.24) is 25.1 Å². The number of hydrazine groups is 1. The van der Waals surface area contributed by atoms with Gasteiger partial charge in [-0.2, -0.15) is 5.01 Å². The Morgan fingerprint density at radius 1 is 1.18 bits per heavy atom. The van der Waals surface area contributed by atoms with E-state index in [2.05, 4.69) is 11.2 Å². The summed E-state index contributed by atoms with van der Waals surface area (Å²) >= 11 is 12.5. The number of aliphatic hydroxyl groups excluding tert-OH is 1. The molecule has 0 aliphatic carbocycles. The van der Waals surface area contributed by atoms with E-state index in [0.29, 0.717) is 23.0 Å². The van der Waals surface area contributed by atoms with E-state index >= 15 is 0 Å². The van der Waals surface area contributed by atoms with E-state index in [1.807, 2.05) is 44.2 Å². The van der Waals surface area contributed by atoms with E-state index in [1.165, 1.54) is 0 Å². The SMILES string of the molecule is C#CCN1CC(=O)N2[C@@H](C(C)CC)C(=O)N(Cc3ccc(Cl)cc3Cl)C[C@@H]2N1C(O)NCc1ccccc1. The number of nitrogens with one attached hydrogen (secondary N) is 1. The Labute approximate surface area is 234 Å². The molecule has 4 atom stereocenters. The first-order chi connectivity index (χ1) is 18.2. The number of halogens is 2. The smallest absolute Gasteiger partial charge is 0.246 e. The Balaban J connectivity index is 1.68. The third-order valence-electron chi connectivity index (χ3n) is 7.22. The molecule has 202 valence electrons. The molecule has 2 aliphatic rings. The van der Waals surface area contributed by atoms with Crippen LogP contribution in [-0.4, -0.2) is 74.9 Å². The van der Waals surface area contributed by atoms with Gasteiger partial charge in [0.15, 0.2) is 6.35 Å². The quantitative estimate of drug-likeness (QED) is 0.364. The number of hydrogen-bond donors (Lipinski definition) is 2. The van der Waals surface area contributed by atoms with Crippen molar-refractivity contribution in [3.05, 3.63) is 69.7 Å². The van der Waals surface area contributed by atoms with Crippen LogP contribution in [0.3, 0.4) is 0 Å². The van der Waals surface area contributed by atoms with E-state index in [-0.39, 0.29) is 43.9 Å². The van der Waals surface area contributed by atoms with Gasteiger partial charge in [-0.25, -0.2) is 5.01 Å². The molecule has 38 heavy (non-hydrogen) atoms. The van der Waals surface area contributed by atoms with Gasteiger partial charge in [-0.3, -0.25) is 14.9 Å². The lowest BCUT2D eigenvalue weighted by Crippen LogP contribution is -2.78. The zero-order valence-corrected chi connectivity index (χ0v) is 23.1. The first kappa shape index (κ1) is 28.4. The highest BCUT2D eigenvalue weighted by atomic mass is 35.5. The largest absolute Gasteiger partial charge is 0.364 e. The normalized spacial score (nSPS) is 22.2. The van der Waals surface area contributed by atoms with Gasteiger partial charge in [-0.15, -0.1) is 6.42 Å². The number of fused-ring (bicyclic) bond motifs is 1. The van der Waals surface area contributed by atoms with E-state index in [4.69, 9.17) is 29.6 Å². The van der Waals surface area contributed by atoms with Crippen molar-refractivity contribution in [2.75, 3.05) is 19.6 Å². The number of amides is 2. The first-order valence-electron chi connectivity index (χ1n) is 12.7. The van der Waals surface area contributed by atoms with Gasteiger partial charge in [0.25, 0.3) is 0 Å². The van der Waals surface area contributed by atoms with Crippen molar-refractivity contribution >= 4 is 35.0 Å². The summed E-state index contributed by atoms with van der Waals surface area (Å²) in [6.45, 7) is 4.88. The number of carbonyl (C=O) groups is 2. The van der Waals surface area contributed by atoms with Crippen LogP contribution in [0.4, 0.5) is 0 Å². The molecule has 2 heterocycles. The minimum Gasteiger partial charge on any atom is -0.364 e. The molecule has 2 unspecified atom stereocenters. The molecule has 0 spiro atoms. The van der Waals surface area contributed by atoms with Crippen molar-refractivity contribution in [3.8, 4) is 12.3 Å². The fraction of sp³-hybridized carbons (Fsp3) is 0.429. The second-order valence-corrected chi connectivity index (χ2v) is 10.6. The topological polar surface area (TPSA) is 79.4 Å². The zero-order chi connectivity index (χ0) is 27.4. The van der Waals surface area contributed by atoms with Crippen LogP contribution in [0.5, 0.6) is 0 Å². The summed E-state index contributed by atoms with van der Waals surface area (Å²) in [5, 5.41) is 18.9. The maximum atomic E-state index is 13.8. The van der Waals surface area contributed by atoms with Gasteiger partial charge in [0.1, 0.15) is 12.2 Å². The lowest BCUT2D eigenvalue weighted by molar-refractivity contribution is -0.247. The minimum absolute atomic E-state index is 0.0337. The van der Waals surface area contributed by atoms with Gasteiger partial charge < -0.3 is 14.9 Å². The van der Waals surface area contributed by atoms with Crippen LogP contribution in [0.1, 0.15) is 31.4 Å². The van der Waals surface area contributed by atoms with Gasteiger partial charge >= 0.3 is 0 Å². The van der Waals surface area contributed by atoms with Gasteiger partial charge in [0, 0.05) is 23.1 Å². The molecular formula is C28H33Cl2N5O3. The number of terminal acetylenes is 1. The number of piperazine rings is 1. The fourth-order valence-corrected chi connectivity index (χ4v) is 5.57. The predicted molar refractivity (Wildman–Crippen MR) is 147 cm³/mol. The summed E-state index contributed by atoms with van der Waals surface area (Å²) in [7, 11) is 0. The van der Waals surface area contributed by atoms with E-state index in [1.54, 1.807) is 38.0 Å². The molecular weight excluding hydrogens is 525 g/mol. The van der Waals surface area contributed by atoms with Crippen LogP contribution >= 0.6 is 23.2 Å². The number of rotatable bonds is 9. The highest BCUT2D eigenvalue weighted by Crippen LogP contribution is 2.33. The van der Waals surface area contributed by atoms with Crippen LogP contribution < -0.4 is 5.32 Å². The van der Waals surface area contributed by atoms with Gasteiger partial charge in [0.05, 0.1) is 19.6 Å². The minimum atomic E-state index is -1.16. The highest BCUT2D eigenvalue weighted by Gasteiger charge is 2.52. The maximum Gasteiger partial charge on any atom is 0.246 e. The average Bonchev–Trinajstić information content (AvgIpc) is 2.90. The van der Waals surface area contributed by atoms with Crippen molar-refractivity contribution in [1.29, 1.82) is 0 Å². The lowest BCUT2D eigenvalue weighted by Gasteiger charge is -2.57. The molecule has 2 amide bonds. The molecule has 10 heteroatoms. The highest BCUT2D eigenvalue weighted by molar-refractivity contribution is 6.35. The molecule has 2 aromatic rings. The van der Waals surface area contributed by atoms with E-state index < -0.39 is 18.6 Å². The molecule has 0 aromatic heterocycles. The Morgan fingerprint density at radius 3 is 2.58 bits per heavy atom. The molecule has 4 rings (SSSR count). The second kappa shape index (κ2) is 12.5. The average molecular weight is 559 g/mol. The summed E-state index contributed by atoms with van der Waals surface area (Å²) in [5.41, 5.74) is 1.74. The van der Waals surface area contributed by atoms with E-state index in [9.17, 15) is 14.7 Å². The molecule has 8 nitrogen and oxygen atoms in total. The predicted octanol–water partition coefficient (Wildman–Crippen LogP) is 3.14. The van der Waals surface area contributed by atoms with Crippen LogP contribution in [0.2, 0.25) is 10.0 Å². The van der Waals surface area contributed by atoms with Crippen molar-refractivity contribution in [2.45, 2.75) is 51.9 Å². The fourth-order valence-electron chi connectivity index (χ4n) is 5.10. The van der Waals surface area contributed by atoms with Crippen molar-refractivity contribution < 1.29 is 14.7 Å². The Morgan fingerprint density at radius 2 is 1.92 bits per heavy atom. The third kappa shape index (κ3) is 5.99. The van der Waals surface area contributed by atoms with Crippen molar-refractivity contribution in [2.24, 2.45) is 5.92 Å². The standard InChI is InChI=1S/C28H33Cl2N5O3/c1-4-13-33-18-25(36)34-24(35(33)28(38)31-15-20-9-7-6-8-10-20)17-32(27(37)26(34)19(3)5-2)16-21-11-12-22(29)14-23(21)30/h1,6-12,14,19,24,26,28,31,38H,5,13,15-18H2,2-3H3/t19?,24-,26-,28?/m0/s1. The summed E-state index contributed by atoms with van der Waals surface area (Å²) < 4.78 is 0. The molecule has 0 radical (unpaired) electrons. The summed E-state index contributed by atoms with van der Waals surface area (Å²) in [4.78, 5) is 30.6. The lowest BCUT2D eigenvalue weighted by atomic mass is 9.92. The third-order valence-corrected chi connectivity index (χ3v) is 7.81. The van der Waals surface area contributed by atoms with Gasteiger partial charge in [-0.1, -0.05) is 85.8 Å². The molecule has 0 bridgehead atoms. The number of nitrogens with zero attached hydrogens (tertiary/aromatic N) is 4. The maximum absolute atomic E-state index is 13.8. The molecule has 2 saturated heterocycles. The summed E-state index contributed by atoms with van der Waals surface area (Å²) in [6.07, 6.45) is 4.55. The van der Waals surface area contributed by atoms with Crippen LogP contribution in [0.15, 0.2) is 48.5 Å². The number of hydrogen-bond acceptors (Lipinski definition) is 6. The summed E-state index contributed by atoms with van der Waals surface area (Å²) in [5.74, 6) is 2.15. The van der Waals surface area contributed by atoms with Crippen LogP contribution in [0, 0.1) is 18.3 Å². The van der Waals surface area contributed by atoms with Gasteiger partial charge in [0.2, 0.25) is 11.8 Å². The zero-order valence-electron chi connectivity index (χ0n) is 21.6. The van der Waals surface area contributed by atoms with Crippen molar-refractivity contribution in [3.63, 3.8) is 0 Å². The first-order valence-corrected chi connectivity index (χ1v) is 13.5. The Bertz CT molecular complexity index is 1190. The van der Waals surface area contributed by atoms with Crippen LogP contribution in [0.25, 0.3) is 0 Å². The second-order valence-electron chi connectivity index (χ2n) is 9.71. The monoisotopic (exact) mass is 557 g/mol. The molecule has 2 aliphatic heterocycles.